The van der Waals surface area contributed by atoms with Gasteiger partial charge in [-0.3, -0.25) is 0 Å². The first-order valence-electron chi connectivity index (χ1n) is 8.44. The summed E-state index contributed by atoms with van der Waals surface area (Å²) in [5.41, 5.74) is 2.67. The van der Waals surface area contributed by atoms with Gasteiger partial charge in [-0.05, 0) is 62.8 Å². The van der Waals surface area contributed by atoms with Gasteiger partial charge in [0.15, 0.2) is 0 Å². The summed E-state index contributed by atoms with van der Waals surface area (Å²) in [5, 5.41) is 3.71. The van der Waals surface area contributed by atoms with Crippen molar-refractivity contribution >= 4 is 11.4 Å². The zero-order valence-corrected chi connectivity index (χ0v) is 12.8. The van der Waals surface area contributed by atoms with Crippen LogP contribution in [0, 0.1) is 5.92 Å². The van der Waals surface area contributed by atoms with Crippen molar-refractivity contribution in [2.24, 2.45) is 5.92 Å². The molecule has 3 rings (SSSR count). The van der Waals surface area contributed by atoms with Crippen molar-refractivity contribution in [3.8, 4) is 0 Å². The maximum atomic E-state index is 3.71. The highest BCUT2D eigenvalue weighted by Crippen LogP contribution is 2.29. The molecule has 1 saturated heterocycles. The van der Waals surface area contributed by atoms with Gasteiger partial charge in [0, 0.05) is 30.5 Å². The Morgan fingerprint density at radius 3 is 2.25 bits per heavy atom. The van der Waals surface area contributed by atoms with Crippen molar-refractivity contribution in [3.05, 3.63) is 24.3 Å². The molecule has 0 amide bonds. The lowest BCUT2D eigenvalue weighted by atomic mass is 9.84. The monoisotopic (exact) mass is 272 g/mol. The van der Waals surface area contributed by atoms with Gasteiger partial charge in [-0.25, -0.2) is 0 Å². The molecule has 110 valence electrons. The Bertz CT molecular complexity index is 400. The van der Waals surface area contributed by atoms with E-state index >= 15 is 0 Å². The predicted octanol–water partition coefficient (Wildman–Crippen LogP) is 4.67. The molecule has 1 aliphatic heterocycles. The summed E-state index contributed by atoms with van der Waals surface area (Å²) in [7, 11) is 0. The molecule has 1 N–H and O–H groups in total. The molecule has 1 unspecified atom stereocenters. The Labute approximate surface area is 123 Å². The summed E-state index contributed by atoms with van der Waals surface area (Å²) < 4.78 is 0. The predicted molar refractivity (Wildman–Crippen MR) is 87.5 cm³/mol. The molecule has 1 aromatic rings. The molecule has 2 aliphatic rings. The van der Waals surface area contributed by atoms with E-state index in [1.165, 1.54) is 69.4 Å². The molecular weight excluding hydrogens is 244 g/mol. The number of anilines is 2. The summed E-state index contributed by atoms with van der Waals surface area (Å²) in [5.74, 6) is 0.863. The van der Waals surface area contributed by atoms with Crippen LogP contribution < -0.4 is 10.2 Å². The molecule has 1 atom stereocenters. The number of benzene rings is 1. The fourth-order valence-corrected chi connectivity index (χ4v) is 3.76. The first-order chi connectivity index (χ1) is 9.83. The summed E-state index contributed by atoms with van der Waals surface area (Å²) in [6, 6.07) is 9.68. The third-order valence-electron chi connectivity index (χ3n) is 5.09. The van der Waals surface area contributed by atoms with Gasteiger partial charge in [-0.1, -0.05) is 19.3 Å². The zero-order chi connectivity index (χ0) is 13.8. The third-order valence-corrected chi connectivity index (χ3v) is 5.09. The summed E-state index contributed by atoms with van der Waals surface area (Å²) in [6.45, 7) is 4.81. The molecule has 2 nitrogen and oxygen atoms in total. The van der Waals surface area contributed by atoms with Crippen LogP contribution in [0.5, 0.6) is 0 Å². The average Bonchev–Trinajstić information content (AvgIpc) is 3.03. The molecule has 0 radical (unpaired) electrons. The van der Waals surface area contributed by atoms with E-state index in [-0.39, 0.29) is 0 Å². The van der Waals surface area contributed by atoms with Gasteiger partial charge in [0.2, 0.25) is 0 Å². The summed E-state index contributed by atoms with van der Waals surface area (Å²) in [6.07, 6.45) is 9.78. The van der Waals surface area contributed by atoms with E-state index in [1.807, 2.05) is 0 Å². The van der Waals surface area contributed by atoms with E-state index in [1.54, 1.807) is 0 Å². The lowest BCUT2D eigenvalue weighted by Gasteiger charge is -2.29. The minimum Gasteiger partial charge on any atom is -0.382 e. The van der Waals surface area contributed by atoms with Crippen molar-refractivity contribution in [2.45, 2.75) is 57.9 Å². The van der Waals surface area contributed by atoms with E-state index < -0.39 is 0 Å². The van der Waals surface area contributed by atoms with E-state index in [0.717, 1.165) is 5.92 Å². The molecule has 1 heterocycles. The second-order valence-electron chi connectivity index (χ2n) is 6.57. The minimum absolute atomic E-state index is 0.605. The highest BCUT2D eigenvalue weighted by molar-refractivity contribution is 5.55. The van der Waals surface area contributed by atoms with Gasteiger partial charge < -0.3 is 10.2 Å². The van der Waals surface area contributed by atoms with Gasteiger partial charge in [0.05, 0.1) is 0 Å². The Kier molecular flexibility index (Phi) is 4.49. The van der Waals surface area contributed by atoms with E-state index in [4.69, 9.17) is 0 Å². The molecule has 20 heavy (non-hydrogen) atoms. The lowest BCUT2D eigenvalue weighted by Crippen LogP contribution is -2.27. The van der Waals surface area contributed by atoms with Gasteiger partial charge in [0.25, 0.3) is 0 Å². The second kappa shape index (κ2) is 6.51. The van der Waals surface area contributed by atoms with Crippen molar-refractivity contribution in [1.82, 2.24) is 0 Å². The number of hydrogen-bond donors (Lipinski definition) is 1. The largest absolute Gasteiger partial charge is 0.382 e. The van der Waals surface area contributed by atoms with Crippen LogP contribution >= 0.6 is 0 Å². The Hall–Kier alpha value is -1.18. The molecule has 1 saturated carbocycles. The normalized spacial score (nSPS) is 21.9. The smallest absolute Gasteiger partial charge is 0.0367 e. The van der Waals surface area contributed by atoms with Crippen LogP contribution in [0.3, 0.4) is 0 Å². The van der Waals surface area contributed by atoms with Crippen LogP contribution in [-0.4, -0.2) is 19.1 Å². The molecule has 0 bridgehead atoms. The van der Waals surface area contributed by atoms with Crippen molar-refractivity contribution in [1.29, 1.82) is 0 Å². The molecule has 0 aromatic heterocycles. The molecule has 0 spiro atoms. The van der Waals surface area contributed by atoms with E-state index in [9.17, 15) is 0 Å². The van der Waals surface area contributed by atoms with Gasteiger partial charge >= 0.3 is 0 Å². The van der Waals surface area contributed by atoms with Crippen LogP contribution in [-0.2, 0) is 0 Å². The maximum Gasteiger partial charge on any atom is 0.0367 e. The Morgan fingerprint density at radius 1 is 0.950 bits per heavy atom. The van der Waals surface area contributed by atoms with Gasteiger partial charge in [-0.2, -0.15) is 0 Å². The molecule has 1 aromatic carbocycles. The van der Waals surface area contributed by atoms with Crippen molar-refractivity contribution in [3.63, 3.8) is 0 Å². The van der Waals surface area contributed by atoms with E-state index in [0.29, 0.717) is 6.04 Å². The first kappa shape index (κ1) is 13.8. The fourth-order valence-electron chi connectivity index (χ4n) is 3.76. The van der Waals surface area contributed by atoms with E-state index in [2.05, 4.69) is 41.4 Å². The number of nitrogens with zero attached hydrogens (tertiary/aromatic N) is 1. The average molecular weight is 272 g/mol. The SMILES string of the molecule is CC(Nc1ccc(N2CCCC2)cc1)C1CCCCC1. The van der Waals surface area contributed by atoms with Crippen molar-refractivity contribution in [2.75, 3.05) is 23.3 Å². The Morgan fingerprint density at radius 2 is 1.60 bits per heavy atom. The maximum absolute atomic E-state index is 3.71. The first-order valence-corrected chi connectivity index (χ1v) is 8.44. The molecule has 2 heteroatoms. The summed E-state index contributed by atoms with van der Waals surface area (Å²) >= 11 is 0. The van der Waals surface area contributed by atoms with Crippen LogP contribution in [0.2, 0.25) is 0 Å². The number of rotatable bonds is 4. The van der Waals surface area contributed by atoms with Crippen LogP contribution in [0.1, 0.15) is 51.9 Å². The number of nitrogens with one attached hydrogen (secondary N) is 1. The minimum atomic E-state index is 0.605. The van der Waals surface area contributed by atoms with Gasteiger partial charge in [0.1, 0.15) is 0 Å². The lowest BCUT2D eigenvalue weighted by molar-refractivity contribution is 0.328. The molecule has 1 aliphatic carbocycles. The van der Waals surface area contributed by atoms with Crippen LogP contribution in [0.4, 0.5) is 11.4 Å². The fraction of sp³-hybridized carbons (Fsp3) is 0.667. The number of hydrogen-bond acceptors (Lipinski definition) is 2. The zero-order valence-electron chi connectivity index (χ0n) is 12.8. The second-order valence-corrected chi connectivity index (χ2v) is 6.57. The quantitative estimate of drug-likeness (QED) is 0.857. The highest BCUT2D eigenvalue weighted by Gasteiger charge is 2.20. The summed E-state index contributed by atoms with van der Waals surface area (Å²) in [4.78, 5) is 2.49. The van der Waals surface area contributed by atoms with Crippen LogP contribution in [0.25, 0.3) is 0 Å². The third kappa shape index (κ3) is 3.28. The molecule has 2 fully saturated rings. The van der Waals surface area contributed by atoms with Crippen molar-refractivity contribution < 1.29 is 0 Å². The topological polar surface area (TPSA) is 15.3 Å². The molecular formula is C18H28N2. The van der Waals surface area contributed by atoms with Crippen LogP contribution in [0.15, 0.2) is 24.3 Å². The van der Waals surface area contributed by atoms with Gasteiger partial charge in [-0.15, -0.1) is 0 Å². The highest BCUT2D eigenvalue weighted by atomic mass is 15.1. The standard InChI is InChI=1S/C18H28N2/c1-15(16-7-3-2-4-8-16)19-17-9-11-18(12-10-17)20-13-5-6-14-20/h9-12,15-16,19H,2-8,13-14H2,1H3. The Balaban J connectivity index is 1.56.